The Hall–Kier alpha value is -5.61. The van der Waals surface area contributed by atoms with Crippen molar-refractivity contribution in [3.63, 3.8) is 0 Å². The number of amides is 6. The fraction of sp³-hybridized carbons (Fsp3) is 0.364. The van der Waals surface area contributed by atoms with Gasteiger partial charge in [0.25, 0.3) is 11.8 Å². The minimum Gasteiger partial charge on any atom is -0.507 e. The molecule has 6 bridgehead atoms. The fourth-order valence-corrected chi connectivity index (χ4v) is 5.58. The van der Waals surface area contributed by atoms with E-state index in [0.717, 1.165) is 6.20 Å². The molecule has 0 saturated heterocycles. The van der Waals surface area contributed by atoms with E-state index in [1.165, 1.54) is 49.4 Å². The molecule has 2 aromatic carbocycles. The number of aliphatic hydroxyl groups is 2. The molecule has 16 nitrogen and oxygen atoms in total. The molecule has 0 saturated carbocycles. The third-order valence-corrected chi connectivity index (χ3v) is 8.51. The van der Waals surface area contributed by atoms with Crippen LogP contribution in [-0.4, -0.2) is 80.8 Å². The highest BCUT2D eigenvalue weighted by molar-refractivity contribution is 6.37. The van der Waals surface area contributed by atoms with E-state index < -0.39 is 83.4 Å². The summed E-state index contributed by atoms with van der Waals surface area (Å²) >= 11 is 0. The second-order valence-electron chi connectivity index (χ2n) is 11.9. The number of aromatic hydroxyl groups is 1. The van der Waals surface area contributed by atoms with Crippen molar-refractivity contribution < 1.29 is 48.9 Å². The highest BCUT2D eigenvalue weighted by Crippen LogP contribution is 2.46. The highest BCUT2D eigenvalue weighted by atomic mass is 16.4. The number of ketones is 1. The van der Waals surface area contributed by atoms with Crippen LogP contribution in [0.5, 0.6) is 5.75 Å². The SMILES string of the molecule is C/C=C/NC(=O)[C@H]1NC(=O)[C@H](CC(N)=O)NC(=O)[C@@H](NC(=O)C(=O)[C@H](C)CC)Cc2ccc(O)c(c2)-c2cccc3c2NC(=O)[C@@]3(O)[C@@H]1O. The number of hydrogen-bond acceptors (Lipinski definition) is 10. The van der Waals surface area contributed by atoms with E-state index in [4.69, 9.17) is 5.73 Å². The van der Waals surface area contributed by atoms with Gasteiger partial charge in [0, 0.05) is 29.0 Å². The van der Waals surface area contributed by atoms with Crippen LogP contribution in [0.4, 0.5) is 5.69 Å². The third-order valence-electron chi connectivity index (χ3n) is 8.51. The van der Waals surface area contributed by atoms with E-state index in [1.54, 1.807) is 13.8 Å². The summed E-state index contributed by atoms with van der Waals surface area (Å²) in [6.45, 7) is 4.79. The number of hydrogen-bond donors (Lipinski definition) is 9. The van der Waals surface area contributed by atoms with Gasteiger partial charge in [0.2, 0.25) is 29.4 Å². The molecule has 2 heterocycles. The monoisotopic (exact) mass is 678 g/mol. The molecule has 6 amide bonds. The Morgan fingerprint density at radius 1 is 1.08 bits per heavy atom. The van der Waals surface area contributed by atoms with Crippen LogP contribution in [0.1, 0.15) is 44.7 Å². The Morgan fingerprint density at radius 2 is 1.80 bits per heavy atom. The zero-order chi connectivity index (χ0) is 36.2. The molecule has 2 aliphatic heterocycles. The molecule has 0 radical (unpaired) electrons. The van der Waals surface area contributed by atoms with Crippen molar-refractivity contribution in [1.29, 1.82) is 0 Å². The molecule has 0 aromatic heterocycles. The quantitative estimate of drug-likeness (QED) is 0.149. The minimum atomic E-state index is -2.83. The summed E-state index contributed by atoms with van der Waals surface area (Å²) in [5.74, 6) is -8.38. The number of primary amides is 1. The predicted molar refractivity (Wildman–Crippen MR) is 173 cm³/mol. The number of Topliss-reactive ketones (excluding diaryl/α,β-unsaturated/α-hetero) is 1. The molecule has 16 heteroatoms. The van der Waals surface area contributed by atoms with Gasteiger partial charge in [0.15, 0.2) is 5.60 Å². The van der Waals surface area contributed by atoms with Gasteiger partial charge in [-0.3, -0.25) is 33.6 Å². The summed E-state index contributed by atoms with van der Waals surface area (Å²) in [7, 11) is 0. The number of anilines is 1. The zero-order valence-corrected chi connectivity index (χ0v) is 26.9. The predicted octanol–water partition coefficient (Wildman–Crippen LogP) is -1.29. The summed E-state index contributed by atoms with van der Waals surface area (Å²) in [5, 5.41) is 46.0. The molecule has 0 spiro atoms. The molecule has 6 atom stereocenters. The molecule has 49 heavy (non-hydrogen) atoms. The van der Waals surface area contributed by atoms with Gasteiger partial charge in [-0.15, -0.1) is 0 Å². The van der Waals surface area contributed by atoms with E-state index in [0.29, 0.717) is 12.0 Å². The first-order valence-corrected chi connectivity index (χ1v) is 15.5. The number of phenolic OH excluding ortho intramolecular Hbond substituents is 1. The van der Waals surface area contributed by atoms with Crippen LogP contribution >= 0.6 is 0 Å². The number of phenols is 1. The number of para-hydroxylation sites is 1. The molecule has 10 N–H and O–H groups in total. The van der Waals surface area contributed by atoms with Crippen LogP contribution in [0, 0.1) is 5.92 Å². The van der Waals surface area contributed by atoms with Crippen LogP contribution in [0.25, 0.3) is 11.1 Å². The number of carbonyl (C=O) groups is 7. The van der Waals surface area contributed by atoms with Crippen molar-refractivity contribution in [2.75, 3.05) is 5.32 Å². The number of nitrogens with two attached hydrogens (primary N) is 1. The lowest BCUT2D eigenvalue weighted by Crippen LogP contribution is -2.64. The molecule has 4 rings (SSSR count). The fourth-order valence-electron chi connectivity index (χ4n) is 5.58. The van der Waals surface area contributed by atoms with E-state index >= 15 is 0 Å². The van der Waals surface area contributed by atoms with Crippen molar-refractivity contribution in [3.05, 3.63) is 59.8 Å². The van der Waals surface area contributed by atoms with Gasteiger partial charge in [-0.05, 0) is 37.2 Å². The normalized spacial score (nSPS) is 24.3. The molecule has 0 aliphatic carbocycles. The number of fused-ring (bicyclic) bond motifs is 3. The standard InChI is InChI=1S/C33H38N6O10/c1-4-11-35-30(46)25-27(43)33(49)19-8-6-7-17(24(19)39-32(33)48)18-12-16(9-10-22(18)40)13-20(37-31(47)26(42)15(3)5-2)28(44)36-21(14-23(34)41)29(45)38-25/h4,6-12,15,20-21,25,27,40,43,49H,5,13-14H2,1-3H3,(H2,34,41)(H,35,46)(H,36,44)(H,37,47)(H,38,45)(H,39,48)/b11-4+/t15-,20+,21+,25+,27-,33+/m1/s1. The van der Waals surface area contributed by atoms with Gasteiger partial charge in [-0.1, -0.05) is 44.2 Å². The Balaban J connectivity index is 1.93. The van der Waals surface area contributed by atoms with Crippen LogP contribution in [0.2, 0.25) is 0 Å². The van der Waals surface area contributed by atoms with Gasteiger partial charge in [-0.2, -0.15) is 0 Å². The van der Waals surface area contributed by atoms with Crippen LogP contribution in [-0.2, 0) is 45.6 Å². The van der Waals surface area contributed by atoms with Gasteiger partial charge < -0.3 is 47.6 Å². The maximum absolute atomic E-state index is 13.7. The molecule has 2 aromatic rings. The summed E-state index contributed by atoms with van der Waals surface area (Å²) < 4.78 is 0. The van der Waals surface area contributed by atoms with Crippen LogP contribution in [0.15, 0.2) is 48.7 Å². The van der Waals surface area contributed by atoms with Gasteiger partial charge >= 0.3 is 0 Å². The first-order valence-electron chi connectivity index (χ1n) is 15.5. The summed E-state index contributed by atoms with van der Waals surface area (Å²) in [5.41, 5.74) is 2.95. The first kappa shape index (κ1) is 36.2. The van der Waals surface area contributed by atoms with Crippen molar-refractivity contribution in [2.24, 2.45) is 11.7 Å². The maximum atomic E-state index is 13.7. The molecule has 0 unspecified atom stereocenters. The zero-order valence-electron chi connectivity index (χ0n) is 26.9. The second-order valence-corrected chi connectivity index (χ2v) is 11.9. The van der Waals surface area contributed by atoms with Gasteiger partial charge in [-0.25, -0.2) is 0 Å². The lowest BCUT2D eigenvalue weighted by Gasteiger charge is -2.33. The Morgan fingerprint density at radius 3 is 2.45 bits per heavy atom. The van der Waals surface area contributed by atoms with Crippen molar-refractivity contribution in [3.8, 4) is 16.9 Å². The topological polar surface area (TPSA) is 266 Å². The molecule has 2 aliphatic rings. The number of carbonyl (C=O) groups excluding carboxylic acids is 7. The molecular weight excluding hydrogens is 640 g/mol. The van der Waals surface area contributed by atoms with E-state index in [9.17, 15) is 48.9 Å². The number of rotatable bonds is 8. The van der Waals surface area contributed by atoms with Crippen LogP contribution < -0.4 is 32.3 Å². The first-order chi connectivity index (χ1) is 23.1. The van der Waals surface area contributed by atoms with Crippen LogP contribution in [0.3, 0.4) is 0 Å². The number of nitrogens with one attached hydrogen (secondary N) is 5. The largest absolute Gasteiger partial charge is 0.507 e. The second kappa shape index (κ2) is 14.7. The smallest absolute Gasteiger partial charge is 0.288 e. The Kier molecular flexibility index (Phi) is 10.8. The average Bonchev–Trinajstić information content (AvgIpc) is 3.34. The third kappa shape index (κ3) is 7.29. The van der Waals surface area contributed by atoms with Gasteiger partial charge in [0.1, 0.15) is 30.0 Å². The van der Waals surface area contributed by atoms with E-state index in [1.807, 2.05) is 0 Å². The number of aliphatic hydroxyl groups excluding tert-OH is 1. The number of benzene rings is 2. The maximum Gasteiger partial charge on any atom is 0.288 e. The highest BCUT2D eigenvalue weighted by Gasteiger charge is 2.56. The number of allylic oxidation sites excluding steroid dienone is 1. The van der Waals surface area contributed by atoms with E-state index in [-0.39, 0.29) is 34.5 Å². The van der Waals surface area contributed by atoms with Crippen molar-refractivity contribution in [1.82, 2.24) is 21.3 Å². The Bertz CT molecular complexity index is 1740. The lowest BCUT2D eigenvalue weighted by molar-refractivity contribution is -0.155. The van der Waals surface area contributed by atoms with E-state index in [2.05, 4.69) is 26.6 Å². The lowest BCUT2D eigenvalue weighted by atomic mass is 9.83. The molecule has 260 valence electrons. The summed E-state index contributed by atoms with van der Waals surface area (Å²) in [6.07, 6.45) is -0.553. The Labute approximate surface area is 280 Å². The molecular formula is C33H38N6O10. The van der Waals surface area contributed by atoms with Crippen molar-refractivity contribution in [2.45, 2.75) is 69.9 Å². The summed E-state index contributed by atoms with van der Waals surface area (Å²) in [6, 6.07) is 3.02. The molecule has 0 fully saturated rings. The average molecular weight is 679 g/mol. The summed E-state index contributed by atoms with van der Waals surface area (Å²) in [4.78, 5) is 91.8. The minimum absolute atomic E-state index is 0.0270. The van der Waals surface area contributed by atoms with Gasteiger partial charge in [0.05, 0.1) is 12.1 Å². The van der Waals surface area contributed by atoms with Crippen molar-refractivity contribution >= 4 is 46.9 Å².